The third kappa shape index (κ3) is 19.9. The van der Waals surface area contributed by atoms with E-state index in [4.69, 9.17) is 4.74 Å². The molecule has 0 bridgehead atoms. The molecule has 1 unspecified atom stereocenters. The van der Waals surface area contributed by atoms with Crippen molar-refractivity contribution in [2.45, 2.75) is 110 Å². The zero-order valence-corrected chi connectivity index (χ0v) is 17.6. The van der Waals surface area contributed by atoms with E-state index in [0.717, 1.165) is 37.2 Å². The lowest BCUT2D eigenvalue weighted by atomic mass is 10.1. The Morgan fingerprint density at radius 1 is 0.880 bits per heavy atom. The Labute approximate surface area is 160 Å². The first kappa shape index (κ1) is 24.8. The number of rotatable bonds is 19. The smallest absolute Gasteiger partial charge is 0.306 e. The minimum Gasteiger partial charge on any atom is -0.466 e. The molecule has 0 aromatic rings. The maximum atomic E-state index is 11.6. The van der Waals surface area contributed by atoms with Crippen molar-refractivity contribution in [2.24, 2.45) is 0 Å². The maximum absolute atomic E-state index is 11.6. The van der Waals surface area contributed by atoms with Crippen LogP contribution in [-0.2, 0) is 9.53 Å². The fraction of sp³-hybridized carbons (Fsp3) is 0.952. The van der Waals surface area contributed by atoms with Crippen LogP contribution in [0.2, 0.25) is 0 Å². The lowest BCUT2D eigenvalue weighted by molar-refractivity contribution is -0.143. The number of hydrogen-bond acceptors (Lipinski definition) is 4. The summed E-state index contributed by atoms with van der Waals surface area (Å²) < 4.78 is 5.27. The molecule has 0 aromatic heterocycles. The molecule has 0 heterocycles. The standard InChI is InChI=1S/C21H42O3S/c1-3-5-7-8-9-10-11-12-13-14-17-24-21(23)16-18-25-19-20(22)15-6-4-2/h20,22H,3-19H2,1-2H3. The second-order valence-corrected chi connectivity index (χ2v) is 8.17. The number of aliphatic hydroxyl groups excluding tert-OH is 1. The molecule has 0 aromatic carbocycles. The summed E-state index contributed by atoms with van der Waals surface area (Å²) in [6.45, 7) is 4.95. The zero-order valence-electron chi connectivity index (χ0n) is 16.8. The summed E-state index contributed by atoms with van der Waals surface area (Å²) in [4.78, 5) is 11.6. The van der Waals surface area contributed by atoms with Gasteiger partial charge in [-0.2, -0.15) is 11.8 Å². The van der Waals surface area contributed by atoms with E-state index < -0.39 is 0 Å². The van der Waals surface area contributed by atoms with Crippen LogP contribution in [0.4, 0.5) is 0 Å². The molecular formula is C21H42O3S. The molecule has 0 radical (unpaired) electrons. The Balaban J connectivity index is 3.23. The second kappa shape index (κ2) is 20.1. The van der Waals surface area contributed by atoms with E-state index in [1.165, 1.54) is 57.8 Å². The monoisotopic (exact) mass is 374 g/mol. The number of carbonyl (C=O) groups excluding carboxylic acids is 1. The molecule has 25 heavy (non-hydrogen) atoms. The third-order valence-electron chi connectivity index (χ3n) is 4.41. The van der Waals surface area contributed by atoms with Gasteiger partial charge in [-0.1, -0.05) is 84.5 Å². The van der Waals surface area contributed by atoms with Crippen molar-refractivity contribution in [1.82, 2.24) is 0 Å². The van der Waals surface area contributed by atoms with Crippen LogP contribution in [0.5, 0.6) is 0 Å². The van der Waals surface area contributed by atoms with Crippen molar-refractivity contribution in [3.8, 4) is 0 Å². The van der Waals surface area contributed by atoms with Crippen molar-refractivity contribution in [1.29, 1.82) is 0 Å². The van der Waals surface area contributed by atoms with Crippen LogP contribution in [0.15, 0.2) is 0 Å². The highest BCUT2D eigenvalue weighted by Gasteiger charge is 2.06. The lowest BCUT2D eigenvalue weighted by Gasteiger charge is -2.09. The Morgan fingerprint density at radius 2 is 1.44 bits per heavy atom. The van der Waals surface area contributed by atoms with Crippen molar-refractivity contribution >= 4 is 17.7 Å². The predicted octanol–water partition coefficient (Wildman–Crippen LogP) is 6.12. The Hall–Kier alpha value is -0.220. The van der Waals surface area contributed by atoms with Crippen LogP contribution in [0.3, 0.4) is 0 Å². The van der Waals surface area contributed by atoms with Gasteiger partial charge in [0.05, 0.1) is 19.1 Å². The molecule has 0 fully saturated rings. The van der Waals surface area contributed by atoms with E-state index in [9.17, 15) is 9.90 Å². The lowest BCUT2D eigenvalue weighted by Crippen LogP contribution is -2.11. The zero-order chi connectivity index (χ0) is 18.6. The van der Waals surface area contributed by atoms with Crippen LogP contribution < -0.4 is 0 Å². The first-order valence-electron chi connectivity index (χ1n) is 10.6. The summed E-state index contributed by atoms with van der Waals surface area (Å²) >= 11 is 1.65. The number of ether oxygens (including phenoxy) is 1. The topological polar surface area (TPSA) is 46.5 Å². The van der Waals surface area contributed by atoms with E-state index in [2.05, 4.69) is 13.8 Å². The quantitative estimate of drug-likeness (QED) is 0.218. The molecule has 0 aliphatic heterocycles. The molecule has 0 amide bonds. The highest BCUT2D eigenvalue weighted by Crippen LogP contribution is 2.12. The van der Waals surface area contributed by atoms with Crippen LogP contribution in [0, 0.1) is 0 Å². The molecule has 0 rings (SSSR count). The van der Waals surface area contributed by atoms with Gasteiger partial charge in [0.15, 0.2) is 0 Å². The average Bonchev–Trinajstić information content (AvgIpc) is 2.61. The number of aliphatic hydroxyl groups is 1. The van der Waals surface area contributed by atoms with Gasteiger partial charge >= 0.3 is 5.97 Å². The van der Waals surface area contributed by atoms with Gasteiger partial charge in [-0.3, -0.25) is 4.79 Å². The SMILES string of the molecule is CCCCCCCCCCCCOC(=O)CCSCC(O)CCCC. The third-order valence-corrected chi connectivity index (χ3v) is 5.53. The van der Waals surface area contributed by atoms with Crippen LogP contribution >= 0.6 is 11.8 Å². The number of esters is 1. The van der Waals surface area contributed by atoms with Gasteiger partial charge in [0.1, 0.15) is 0 Å². The predicted molar refractivity (Wildman–Crippen MR) is 110 cm³/mol. The molecule has 0 saturated heterocycles. The molecule has 4 heteroatoms. The van der Waals surface area contributed by atoms with Crippen molar-refractivity contribution in [3.05, 3.63) is 0 Å². The molecule has 0 aliphatic rings. The van der Waals surface area contributed by atoms with Crippen molar-refractivity contribution in [3.63, 3.8) is 0 Å². The molecule has 0 aliphatic carbocycles. The van der Waals surface area contributed by atoms with Crippen molar-refractivity contribution < 1.29 is 14.6 Å². The van der Waals surface area contributed by atoms with E-state index in [1.807, 2.05) is 0 Å². The van der Waals surface area contributed by atoms with Gasteiger partial charge in [-0.15, -0.1) is 0 Å². The highest BCUT2D eigenvalue weighted by molar-refractivity contribution is 7.99. The maximum Gasteiger partial charge on any atom is 0.306 e. The minimum atomic E-state index is -0.229. The number of carbonyl (C=O) groups is 1. The van der Waals surface area contributed by atoms with Gasteiger partial charge in [0, 0.05) is 11.5 Å². The largest absolute Gasteiger partial charge is 0.466 e. The molecule has 150 valence electrons. The Morgan fingerprint density at radius 3 is 2.04 bits per heavy atom. The summed E-state index contributed by atoms with van der Waals surface area (Å²) in [6, 6.07) is 0. The first-order chi connectivity index (χ1) is 12.2. The summed E-state index contributed by atoms with van der Waals surface area (Å²) in [5.74, 6) is 1.39. The van der Waals surface area contributed by atoms with Gasteiger partial charge in [0.25, 0.3) is 0 Å². The molecule has 3 nitrogen and oxygen atoms in total. The van der Waals surface area contributed by atoms with E-state index >= 15 is 0 Å². The number of thioether (sulfide) groups is 1. The Kier molecular flexibility index (Phi) is 19.9. The minimum absolute atomic E-state index is 0.0912. The summed E-state index contributed by atoms with van der Waals surface area (Å²) in [5.41, 5.74) is 0. The van der Waals surface area contributed by atoms with E-state index in [1.54, 1.807) is 11.8 Å². The number of unbranched alkanes of at least 4 members (excludes halogenated alkanes) is 10. The second-order valence-electron chi connectivity index (χ2n) is 7.02. The van der Waals surface area contributed by atoms with Gasteiger partial charge in [0.2, 0.25) is 0 Å². The summed E-state index contributed by atoms with van der Waals surface area (Å²) in [5, 5.41) is 9.72. The van der Waals surface area contributed by atoms with Crippen LogP contribution in [0.25, 0.3) is 0 Å². The average molecular weight is 375 g/mol. The van der Waals surface area contributed by atoms with Gasteiger partial charge in [-0.05, 0) is 12.8 Å². The molecule has 1 N–H and O–H groups in total. The molecular weight excluding hydrogens is 332 g/mol. The fourth-order valence-electron chi connectivity index (χ4n) is 2.75. The first-order valence-corrected chi connectivity index (χ1v) is 11.8. The summed E-state index contributed by atoms with van der Waals surface area (Å²) in [6.07, 6.45) is 16.2. The fourth-order valence-corrected chi connectivity index (χ4v) is 3.66. The molecule has 1 atom stereocenters. The number of hydrogen-bond donors (Lipinski definition) is 1. The van der Waals surface area contributed by atoms with Crippen LogP contribution in [-0.4, -0.2) is 35.3 Å². The Bertz CT molecular complexity index is 284. The van der Waals surface area contributed by atoms with Gasteiger partial charge in [-0.25, -0.2) is 0 Å². The van der Waals surface area contributed by atoms with Crippen molar-refractivity contribution in [2.75, 3.05) is 18.1 Å². The molecule has 0 saturated carbocycles. The molecule has 0 spiro atoms. The van der Waals surface area contributed by atoms with Gasteiger partial charge < -0.3 is 9.84 Å². The highest BCUT2D eigenvalue weighted by atomic mass is 32.2. The van der Waals surface area contributed by atoms with Crippen LogP contribution in [0.1, 0.15) is 104 Å². The normalized spacial score (nSPS) is 12.3. The van der Waals surface area contributed by atoms with E-state index in [-0.39, 0.29) is 12.1 Å². The van der Waals surface area contributed by atoms with E-state index in [0.29, 0.717) is 13.0 Å². The summed E-state index contributed by atoms with van der Waals surface area (Å²) in [7, 11) is 0.